The number of benzene rings is 1. The number of aryl methyl sites for hydroxylation is 2. The molecule has 0 spiro atoms. The molecule has 0 amide bonds. The van der Waals surface area contributed by atoms with E-state index in [0.29, 0.717) is 0 Å². The van der Waals surface area contributed by atoms with E-state index in [-0.39, 0.29) is 0 Å². The van der Waals surface area contributed by atoms with Gasteiger partial charge in [-0.05, 0) is 48.4 Å². The van der Waals surface area contributed by atoms with Gasteiger partial charge in [0.05, 0.1) is 5.52 Å². The summed E-state index contributed by atoms with van der Waals surface area (Å²) in [7, 11) is 0. The lowest BCUT2D eigenvalue weighted by Crippen LogP contribution is -2.04. The fourth-order valence-electron chi connectivity index (χ4n) is 2.53. The molecule has 16 heavy (non-hydrogen) atoms. The van der Waals surface area contributed by atoms with Gasteiger partial charge in [0.1, 0.15) is 0 Å². The summed E-state index contributed by atoms with van der Waals surface area (Å²) in [6.07, 6.45) is 8.32. The highest BCUT2D eigenvalue weighted by atomic mass is 14.7. The van der Waals surface area contributed by atoms with Crippen LogP contribution in [0.4, 0.5) is 0 Å². The molecule has 1 heterocycles. The van der Waals surface area contributed by atoms with Crippen LogP contribution in [-0.4, -0.2) is 11.2 Å². The smallest absolute Gasteiger partial charge is 0.0711 e. The Morgan fingerprint density at radius 3 is 2.94 bits per heavy atom. The van der Waals surface area contributed by atoms with Gasteiger partial charge in [-0.25, -0.2) is 0 Å². The average Bonchev–Trinajstić information content (AvgIpc) is 2.38. The third kappa shape index (κ3) is 1.42. The van der Waals surface area contributed by atoms with Crippen molar-refractivity contribution in [2.24, 2.45) is 0 Å². The molecule has 1 aromatic carbocycles. The van der Waals surface area contributed by atoms with Gasteiger partial charge in [0.25, 0.3) is 0 Å². The zero-order chi connectivity index (χ0) is 11.0. The van der Waals surface area contributed by atoms with Crippen LogP contribution in [0.3, 0.4) is 0 Å². The van der Waals surface area contributed by atoms with Crippen molar-refractivity contribution in [2.75, 3.05) is 0 Å². The number of nitrogens with zero attached hydrogens (tertiary/aromatic N) is 1. The van der Waals surface area contributed by atoms with Crippen LogP contribution in [0.5, 0.6) is 0 Å². The summed E-state index contributed by atoms with van der Waals surface area (Å²) in [4.78, 5) is 4.50. The van der Waals surface area contributed by atoms with Crippen molar-refractivity contribution in [3.63, 3.8) is 0 Å². The summed E-state index contributed by atoms with van der Waals surface area (Å²) in [5.41, 5.74) is 4.85. The minimum Gasteiger partial charge on any atom is -0.308 e. The molecular formula is C14H14N2. The average molecular weight is 210 g/mol. The first-order valence-electron chi connectivity index (χ1n) is 5.79. The Morgan fingerprint density at radius 1 is 1.19 bits per heavy atom. The van der Waals surface area contributed by atoms with E-state index in [1.807, 2.05) is 18.3 Å². The van der Waals surface area contributed by atoms with Crippen molar-refractivity contribution in [1.82, 2.24) is 4.98 Å². The molecule has 1 N–H and O–H groups in total. The SMILES string of the molecule is N=Cc1ccc2c3c(cnc2c1)CCCC3. The maximum absolute atomic E-state index is 7.25. The summed E-state index contributed by atoms with van der Waals surface area (Å²) in [5.74, 6) is 0. The maximum atomic E-state index is 7.25. The summed E-state index contributed by atoms with van der Waals surface area (Å²) in [6, 6.07) is 6.12. The van der Waals surface area contributed by atoms with Crippen molar-refractivity contribution in [3.8, 4) is 0 Å². The lowest BCUT2D eigenvalue weighted by Gasteiger charge is -2.17. The molecule has 3 rings (SSSR count). The molecular weight excluding hydrogens is 196 g/mol. The minimum absolute atomic E-state index is 0.927. The van der Waals surface area contributed by atoms with Gasteiger partial charge in [-0.15, -0.1) is 0 Å². The van der Waals surface area contributed by atoms with Crippen LogP contribution in [0, 0.1) is 5.41 Å². The second kappa shape index (κ2) is 3.71. The van der Waals surface area contributed by atoms with Gasteiger partial charge in [-0.3, -0.25) is 4.98 Å². The Kier molecular flexibility index (Phi) is 2.21. The Balaban J connectivity index is 2.28. The number of rotatable bonds is 1. The highest BCUT2D eigenvalue weighted by Crippen LogP contribution is 2.27. The second-order valence-corrected chi connectivity index (χ2v) is 4.39. The molecule has 80 valence electrons. The summed E-state index contributed by atoms with van der Waals surface area (Å²) in [5, 5.41) is 8.53. The molecule has 1 aromatic heterocycles. The molecule has 0 aliphatic heterocycles. The Labute approximate surface area is 94.8 Å². The quantitative estimate of drug-likeness (QED) is 0.721. The van der Waals surface area contributed by atoms with Crippen molar-refractivity contribution in [2.45, 2.75) is 25.7 Å². The van der Waals surface area contributed by atoms with E-state index in [4.69, 9.17) is 5.41 Å². The van der Waals surface area contributed by atoms with Crippen LogP contribution < -0.4 is 0 Å². The summed E-state index contributed by atoms with van der Waals surface area (Å²) < 4.78 is 0. The predicted octanol–water partition coefficient (Wildman–Crippen LogP) is 3.11. The minimum atomic E-state index is 0.927. The van der Waals surface area contributed by atoms with Gasteiger partial charge < -0.3 is 5.41 Å². The highest BCUT2D eigenvalue weighted by Gasteiger charge is 2.12. The Morgan fingerprint density at radius 2 is 2.06 bits per heavy atom. The van der Waals surface area contributed by atoms with Gasteiger partial charge in [-0.2, -0.15) is 0 Å². The predicted molar refractivity (Wildman–Crippen MR) is 66.3 cm³/mol. The van der Waals surface area contributed by atoms with Crippen LogP contribution in [0.25, 0.3) is 10.9 Å². The van der Waals surface area contributed by atoms with E-state index in [2.05, 4.69) is 11.1 Å². The first-order chi connectivity index (χ1) is 7.88. The van der Waals surface area contributed by atoms with E-state index < -0.39 is 0 Å². The fraction of sp³-hybridized carbons (Fsp3) is 0.286. The van der Waals surface area contributed by atoms with Gasteiger partial charge >= 0.3 is 0 Å². The molecule has 0 radical (unpaired) electrons. The zero-order valence-corrected chi connectivity index (χ0v) is 9.16. The summed E-state index contributed by atoms with van der Waals surface area (Å²) >= 11 is 0. The molecule has 0 atom stereocenters. The molecule has 0 unspecified atom stereocenters. The number of aromatic nitrogens is 1. The van der Waals surface area contributed by atoms with Crippen LogP contribution in [0.15, 0.2) is 24.4 Å². The number of pyridine rings is 1. The van der Waals surface area contributed by atoms with Crippen molar-refractivity contribution in [1.29, 1.82) is 5.41 Å². The van der Waals surface area contributed by atoms with Crippen LogP contribution in [-0.2, 0) is 12.8 Å². The largest absolute Gasteiger partial charge is 0.308 e. The van der Waals surface area contributed by atoms with Gasteiger partial charge in [0, 0.05) is 17.8 Å². The third-order valence-electron chi connectivity index (χ3n) is 3.38. The molecule has 2 aromatic rings. The number of hydrogen-bond donors (Lipinski definition) is 1. The molecule has 2 nitrogen and oxygen atoms in total. The van der Waals surface area contributed by atoms with E-state index >= 15 is 0 Å². The standard InChI is InChI=1S/C14H14N2/c15-8-10-5-6-13-12-4-2-1-3-11(12)9-16-14(13)7-10/h5-9,15H,1-4H2. The molecule has 1 aliphatic rings. The van der Waals surface area contributed by atoms with E-state index in [1.165, 1.54) is 48.4 Å². The Hall–Kier alpha value is -1.70. The van der Waals surface area contributed by atoms with Gasteiger partial charge in [-0.1, -0.05) is 12.1 Å². The van der Waals surface area contributed by atoms with Crippen LogP contribution >= 0.6 is 0 Å². The van der Waals surface area contributed by atoms with Gasteiger partial charge in [0.2, 0.25) is 0 Å². The topological polar surface area (TPSA) is 36.7 Å². The first-order valence-corrected chi connectivity index (χ1v) is 5.79. The van der Waals surface area contributed by atoms with E-state index in [9.17, 15) is 0 Å². The number of hydrogen-bond acceptors (Lipinski definition) is 2. The van der Waals surface area contributed by atoms with Crippen molar-refractivity contribution < 1.29 is 0 Å². The molecule has 2 heteroatoms. The van der Waals surface area contributed by atoms with Gasteiger partial charge in [0.15, 0.2) is 0 Å². The molecule has 1 aliphatic carbocycles. The van der Waals surface area contributed by atoms with Crippen molar-refractivity contribution in [3.05, 3.63) is 41.1 Å². The normalized spacial score (nSPS) is 14.8. The maximum Gasteiger partial charge on any atom is 0.0711 e. The molecule has 0 fully saturated rings. The monoisotopic (exact) mass is 210 g/mol. The van der Waals surface area contributed by atoms with E-state index in [0.717, 1.165) is 11.1 Å². The second-order valence-electron chi connectivity index (χ2n) is 4.39. The fourth-order valence-corrected chi connectivity index (χ4v) is 2.53. The zero-order valence-electron chi connectivity index (χ0n) is 9.16. The van der Waals surface area contributed by atoms with Crippen LogP contribution in [0.2, 0.25) is 0 Å². The molecule has 0 bridgehead atoms. The highest BCUT2D eigenvalue weighted by molar-refractivity contribution is 5.89. The van der Waals surface area contributed by atoms with Crippen molar-refractivity contribution >= 4 is 17.1 Å². The molecule has 0 saturated heterocycles. The third-order valence-corrected chi connectivity index (χ3v) is 3.38. The number of nitrogens with one attached hydrogen (secondary N) is 1. The lowest BCUT2D eigenvalue weighted by atomic mass is 9.90. The Bertz CT molecular complexity index is 558. The van der Waals surface area contributed by atoms with E-state index in [1.54, 1.807) is 0 Å². The summed E-state index contributed by atoms with van der Waals surface area (Å²) in [6.45, 7) is 0. The first kappa shape index (κ1) is 9.52. The number of fused-ring (bicyclic) bond motifs is 3. The molecule has 0 saturated carbocycles. The lowest BCUT2D eigenvalue weighted by molar-refractivity contribution is 0.687. The van der Waals surface area contributed by atoms with Crippen LogP contribution in [0.1, 0.15) is 29.5 Å².